The van der Waals surface area contributed by atoms with Crippen molar-refractivity contribution in [1.29, 1.82) is 0 Å². The lowest BCUT2D eigenvalue weighted by molar-refractivity contribution is 0.577. The quantitative estimate of drug-likeness (QED) is 0.560. The van der Waals surface area contributed by atoms with Gasteiger partial charge in [-0.15, -0.1) is 0 Å². The fraction of sp³-hybridized carbons (Fsp3) is 0.600. The predicted octanol–water partition coefficient (Wildman–Crippen LogP) is 3.80. The highest BCUT2D eigenvalue weighted by Gasteiger charge is 1.93. The summed E-state index contributed by atoms with van der Waals surface area (Å²) >= 11 is 0. The maximum atomic E-state index is 4.54. The van der Waals surface area contributed by atoms with Crippen LogP contribution in [0, 0.1) is 0 Å². The molecule has 0 fully saturated rings. The second kappa shape index (κ2) is 9.41. The standard InChI is InChI=1S/C15H24N/c1-2-3-8-13-16-14-9-7-12-15-10-5-4-6-11-15/h4-6,10-11H,2-3,7-9,12-14H2,1H3. The van der Waals surface area contributed by atoms with E-state index >= 15 is 0 Å². The van der Waals surface area contributed by atoms with Crippen molar-refractivity contribution in [2.75, 3.05) is 13.1 Å². The minimum absolute atomic E-state index is 1.05. The molecule has 0 saturated heterocycles. The lowest BCUT2D eigenvalue weighted by Gasteiger charge is -2.02. The van der Waals surface area contributed by atoms with Crippen molar-refractivity contribution in [2.45, 2.75) is 45.4 Å². The van der Waals surface area contributed by atoms with E-state index in [1.165, 1.54) is 44.1 Å². The Kier molecular flexibility index (Phi) is 7.79. The van der Waals surface area contributed by atoms with Gasteiger partial charge in [-0.25, -0.2) is 5.32 Å². The van der Waals surface area contributed by atoms with E-state index in [4.69, 9.17) is 0 Å². The maximum absolute atomic E-state index is 4.54. The minimum Gasteiger partial charge on any atom is -0.242 e. The van der Waals surface area contributed by atoms with E-state index in [0.717, 1.165) is 13.1 Å². The molecule has 1 rings (SSSR count). The molecule has 89 valence electrons. The molecule has 0 N–H and O–H groups in total. The van der Waals surface area contributed by atoms with E-state index in [-0.39, 0.29) is 0 Å². The topological polar surface area (TPSA) is 14.1 Å². The molecular weight excluding hydrogens is 194 g/mol. The smallest absolute Gasteiger partial charge is 0.0133 e. The monoisotopic (exact) mass is 218 g/mol. The zero-order valence-electron chi connectivity index (χ0n) is 10.5. The highest BCUT2D eigenvalue weighted by molar-refractivity contribution is 5.14. The normalized spacial score (nSPS) is 10.6. The number of hydrogen-bond donors (Lipinski definition) is 0. The van der Waals surface area contributed by atoms with Gasteiger partial charge in [0.15, 0.2) is 0 Å². The average molecular weight is 218 g/mol. The third-order valence-corrected chi connectivity index (χ3v) is 2.79. The van der Waals surface area contributed by atoms with Crippen molar-refractivity contribution in [2.24, 2.45) is 0 Å². The molecule has 0 saturated carbocycles. The lowest BCUT2D eigenvalue weighted by Crippen LogP contribution is -2.08. The van der Waals surface area contributed by atoms with Crippen LogP contribution in [0.15, 0.2) is 30.3 Å². The summed E-state index contributed by atoms with van der Waals surface area (Å²) in [6, 6.07) is 10.7. The summed E-state index contributed by atoms with van der Waals surface area (Å²) in [5, 5.41) is 4.54. The van der Waals surface area contributed by atoms with E-state index in [2.05, 4.69) is 42.6 Å². The molecule has 1 radical (unpaired) electrons. The molecule has 0 aliphatic carbocycles. The van der Waals surface area contributed by atoms with Crippen molar-refractivity contribution in [3.63, 3.8) is 0 Å². The molecule has 0 atom stereocenters. The van der Waals surface area contributed by atoms with Gasteiger partial charge < -0.3 is 0 Å². The van der Waals surface area contributed by atoms with E-state index in [9.17, 15) is 0 Å². The summed E-state index contributed by atoms with van der Waals surface area (Å²) in [5.74, 6) is 0. The van der Waals surface area contributed by atoms with Crippen LogP contribution in [-0.2, 0) is 6.42 Å². The number of hydrogen-bond acceptors (Lipinski definition) is 0. The number of rotatable bonds is 9. The Morgan fingerprint density at radius 3 is 2.25 bits per heavy atom. The Labute approximate surface area is 100 Å². The maximum Gasteiger partial charge on any atom is 0.0133 e. The van der Waals surface area contributed by atoms with Gasteiger partial charge in [0, 0.05) is 13.1 Å². The summed E-state index contributed by atoms with van der Waals surface area (Å²) < 4.78 is 0. The van der Waals surface area contributed by atoms with Crippen LogP contribution in [-0.4, -0.2) is 13.1 Å². The molecule has 1 aromatic rings. The third kappa shape index (κ3) is 6.62. The van der Waals surface area contributed by atoms with Crippen LogP contribution in [0.3, 0.4) is 0 Å². The van der Waals surface area contributed by atoms with E-state index in [1.54, 1.807) is 0 Å². The second-order valence-electron chi connectivity index (χ2n) is 4.32. The second-order valence-corrected chi connectivity index (χ2v) is 4.32. The van der Waals surface area contributed by atoms with Crippen LogP contribution in [0.2, 0.25) is 0 Å². The highest BCUT2D eigenvalue weighted by atomic mass is 14.8. The van der Waals surface area contributed by atoms with Crippen LogP contribution in [0.1, 0.15) is 44.6 Å². The molecule has 1 heteroatoms. The molecule has 1 aromatic carbocycles. The Morgan fingerprint density at radius 1 is 0.875 bits per heavy atom. The Morgan fingerprint density at radius 2 is 1.56 bits per heavy atom. The zero-order chi connectivity index (χ0) is 11.5. The van der Waals surface area contributed by atoms with Gasteiger partial charge in [-0.2, -0.15) is 0 Å². The van der Waals surface area contributed by atoms with Crippen molar-refractivity contribution in [3.05, 3.63) is 35.9 Å². The van der Waals surface area contributed by atoms with E-state index < -0.39 is 0 Å². The molecule has 16 heavy (non-hydrogen) atoms. The van der Waals surface area contributed by atoms with Crippen LogP contribution in [0.5, 0.6) is 0 Å². The molecule has 0 bridgehead atoms. The summed E-state index contributed by atoms with van der Waals surface area (Å²) in [5.41, 5.74) is 1.45. The Bertz CT molecular complexity index is 243. The van der Waals surface area contributed by atoms with E-state index in [1.807, 2.05) is 0 Å². The van der Waals surface area contributed by atoms with Crippen molar-refractivity contribution in [3.8, 4) is 0 Å². The first-order chi connectivity index (χ1) is 7.93. The fourth-order valence-corrected chi connectivity index (χ4v) is 1.78. The lowest BCUT2D eigenvalue weighted by atomic mass is 10.1. The third-order valence-electron chi connectivity index (χ3n) is 2.79. The van der Waals surface area contributed by atoms with Gasteiger partial charge in [0.05, 0.1) is 0 Å². The van der Waals surface area contributed by atoms with Crippen LogP contribution in [0.25, 0.3) is 0 Å². The van der Waals surface area contributed by atoms with Gasteiger partial charge in [0.1, 0.15) is 0 Å². The van der Waals surface area contributed by atoms with Crippen LogP contribution < -0.4 is 5.32 Å². The summed E-state index contributed by atoms with van der Waals surface area (Å²) in [4.78, 5) is 0. The molecular formula is C15H24N. The summed E-state index contributed by atoms with van der Waals surface area (Å²) in [7, 11) is 0. The van der Waals surface area contributed by atoms with Crippen molar-refractivity contribution in [1.82, 2.24) is 5.32 Å². The Hall–Kier alpha value is -0.820. The predicted molar refractivity (Wildman–Crippen MR) is 70.8 cm³/mol. The fourth-order valence-electron chi connectivity index (χ4n) is 1.78. The zero-order valence-corrected chi connectivity index (χ0v) is 10.5. The van der Waals surface area contributed by atoms with Crippen LogP contribution in [0.4, 0.5) is 0 Å². The number of unbranched alkanes of at least 4 members (excludes halogenated alkanes) is 3. The van der Waals surface area contributed by atoms with Crippen molar-refractivity contribution >= 4 is 0 Å². The van der Waals surface area contributed by atoms with Crippen LogP contribution >= 0.6 is 0 Å². The van der Waals surface area contributed by atoms with Gasteiger partial charge in [-0.3, -0.25) is 0 Å². The summed E-state index contributed by atoms with van der Waals surface area (Å²) in [6.45, 7) is 4.36. The van der Waals surface area contributed by atoms with Gasteiger partial charge in [-0.05, 0) is 31.2 Å². The van der Waals surface area contributed by atoms with Gasteiger partial charge in [0.25, 0.3) is 0 Å². The number of benzene rings is 1. The SMILES string of the molecule is CCCCC[N]CCCCc1ccccc1. The first-order valence-corrected chi connectivity index (χ1v) is 6.60. The molecule has 1 nitrogen and oxygen atoms in total. The molecule has 0 amide bonds. The van der Waals surface area contributed by atoms with Gasteiger partial charge in [0.2, 0.25) is 0 Å². The first kappa shape index (κ1) is 13.2. The largest absolute Gasteiger partial charge is 0.242 e. The van der Waals surface area contributed by atoms with Crippen molar-refractivity contribution < 1.29 is 0 Å². The number of aryl methyl sites for hydroxylation is 1. The van der Waals surface area contributed by atoms with E-state index in [0.29, 0.717) is 0 Å². The first-order valence-electron chi connectivity index (χ1n) is 6.60. The molecule has 0 unspecified atom stereocenters. The molecule has 0 spiro atoms. The molecule has 0 aromatic heterocycles. The minimum atomic E-state index is 1.05. The molecule has 0 aliphatic heterocycles. The highest BCUT2D eigenvalue weighted by Crippen LogP contribution is 2.04. The van der Waals surface area contributed by atoms with Gasteiger partial charge in [-0.1, -0.05) is 50.1 Å². The van der Waals surface area contributed by atoms with Gasteiger partial charge >= 0.3 is 0 Å². The average Bonchev–Trinajstić information content (AvgIpc) is 2.34. The molecule has 0 heterocycles. The summed E-state index contributed by atoms with van der Waals surface area (Å²) in [6.07, 6.45) is 7.60. The Balaban J connectivity index is 1.89. The number of nitrogens with zero attached hydrogens (tertiary/aromatic N) is 1. The molecule has 0 aliphatic rings.